The maximum atomic E-state index is 13.6. The summed E-state index contributed by atoms with van der Waals surface area (Å²) in [5.74, 6) is -4.83. The van der Waals surface area contributed by atoms with Crippen LogP contribution in [0.25, 0.3) is 11.0 Å². The smallest absolute Gasteiger partial charge is 0.383 e. The molecule has 0 amide bonds. The molecule has 0 unspecified atom stereocenters. The van der Waals surface area contributed by atoms with E-state index < -0.39 is 78.5 Å². The van der Waals surface area contributed by atoms with Crippen LogP contribution in [0, 0.1) is 0 Å². The number of unbranched alkanes of at least 4 members (excludes halogenated alkanes) is 8. The van der Waals surface area contributed by atoms with Gasteiger partial charge in [-0.25, -0.2) is 9.59 Å². The van der Waals surface area contributed by atoms with Crippen molar-refractivity contribution in [2.24, 2.45) is 0 Å². The maximum absolute atomic E-state index is 13.6. The van der Waals surface area contributed by atoms with Crippen molar-refractivity contribution in [1.82, 2.24) is 0 Å². The molecule has 2 aromatic carbocycles. The van der Waals surface area contributed by atoms with Gasteiger partial charge in [0.1, 0.15) is 24.0 Å². The molecule has 4 rings (SSSR count). The number of hydrogen-bond donors (Lipinski definition) is 0. The molecule has 5 atom stereocenters. The normalized spacial score (nSPS) is 19.1. The van der Waals surface area contributed by atoms with Crippen molar-refractivity contribution in [3.8, 4) is 17.2 Å². The van der Waals surface area contributed by atoms with E-state index in [0.717, 1.165) is 47.0 Å². The summed E-state index contributed by atoms with van der Waals surface area (Å²) < 4.78 is 51.2. The molecule has 0 N–H and O–H groups in total. The van der Waals surface area contributed by atoms with E-state index in [-0.39, 0.29) is 22.3 Å². The van der Waals surface area contributed by atoms with Crippen molar-refractivity contribution < 1.29 is 66.3 Å². The number of ether oxygens (including phenoxy) is 8. The fraction of sp³-hybridized carbons (Fsp3) is 0.512. The minimum absolute atomic E-state index is 0.0141. The van der Waals surface area contributed by atoms with Crippen LogP contribution in [0.3, 0.4) is 0 Å². The van der Waals surface area contributed by atoms with Gasteiger partial charge in [0.2, 0.25) is 12.4 Å². The summed E-state index contributed by atoms with van der Waals surface area (Å²) in [6.45, 7) is 6.48. The Morgan fingerprint density at radius 3 is 1.91 bits per heavy atom. The molecule has 0 spiro atoms. The molecule has 0 saturated carbocycles. The average molecular weight is 783 g/mol. The summed E-state index contributed by atoms with van der Waals surface area (Å²) >= 11 is 0. The van der Waals surface area contributed by atoms with Gasteiger partial charge in [-0.1, -0.05) is 76.5 Å². The van der Waals surface area contributed by atoms with Crippen molar-refractivity contribution >= 4 is 40.8 Å². The Hall–Kier alpha value is -5.44. The molecule has 15 nitrogen and oxygen atoms in total. The van der Waals surface area contributed by atoms with Crippen LogP contribution in [0.2, 0.25) is 0 Å². The number of carbonyl (C=O) groups is 5. The van der Waals surface area contributed by atoms with Gasteiger partial charge >= 0.3 is 35.5 Å². The van der Waals surface area contributed by atoms with Crippen LogP contribution >= 0.6 is 0 Å². The first-order valence-electron chi connectivity index (χ1n) is 18.9. The van der Waals surface area contributed by atoms with E-state index in [1.807, 2.05) is 0 Å². The molecular weight excluding hydrogens is 732 g/mol. The van der Waals surface area contributed by atoms with Crippen molar-refractivity contribution in [3.63, 3.8) is 0 Å². The fourth-order valence-electron chi connectivity index (χ4n) is 6.16. The summed E-state index contributed by atoms with van der Waals surface area (Å²) in [5.41, 5.74) is -1.02. The Kier molecular flexibility index (Phi) is 16.7. The van der Waals surface area contributed by atoms with E-state index in [4.69, 9.17) is 42.3 Å². The molecule has 56 heavy (non-hydrogen) atoms. The quantitative estimate of drug-likeness (QED) is 0.0531. The molecule has 1 fully saturated rings. The minimum atomic E-state index is -1.75. The van der Waals surface area contributed by atoms with Crippen LogP contribution in [0.1, 0.15) is 103 Å². The van der Waals surface area contributed by atoms with Crippen LogP contribution in [0.4, 0.5) is 0 Å². The molecule has 1 saturated heterocycles. The Morgan fingerprint density at radius 2 is 1.29 bits per heavy atom. The van der Waals surface area contributed by atoms with Crippen LogP contribution in [0.5, 0.6) is 17.2 Å². The largest absolute Gasteiger partial charge is 0.493 e. The first-order chi connectivity index (χ1) is 26.9. The number of hydrogen-bond acceptors (Lipinski definition) is 15. The fourth-order valence-corrected chi connectivity index (χ4v) is 6.16. The van der Waals surface area contributed by atoms with E-state index in [1.54, 1.807) is 24.3 Å². The third-order valence-corrected chi connectivity index (χ3v) is 8.70. The molecule has 0 bridgehead atoms. The summed E-state index contributed by atoms with van der Waals surface area (Å²) in [5, 5.41) is 0.115. The van der Waals surface area contributed by atoms with Gasteiger partial charge in [0.15, 0.2) is 18.0 Å². The lowest BCUT2D eigenvalue weighted by atomic mass is 9.98. The van der Waals surface area contributed by atoms with Gasteiger partial charge in [0.25, 0.3) is 5.75 Å². The molecule has 3 aromatic rings. The number of rotatable bonds is 20. The SMILES string of the molecule is CCCCCCCCCCCOc1ccc2c(O[C@H]3O[C@H](COC(C)=O)[C@@H](OC(C)=O)[C@H](OC(C)=O)[C@@H]3OC(C)=O)c(OC(=O)c3ccccc3)c(=O)oc2c1. The van der Waals surface area contributed by atoms with E-state index in [9.17, 15) is 28.8 Å². The van der Waals surface area contributed by atoms with Crippen molar-refractivity contribution in [2.75, 3.05) is 13.2 Å². The molecule has 2 heterocycles. The van der Waals surface area contributed by atoms with Crippen LogP contribution in [-0.2, 0) is 42.9 Å². The summed E-state index contributed by atoms with van der Waals surface area (Å²) in [6.07, 6.45) is 2.54. The zero-order valence-electron chi connectivity index (χ0n) is 32.4. The van der Waals surface area contributed by atoms with Gasteiger partial charge in [0.05, 0.1) is 17.6 Å². The molecular formula is C41H50O15. The predicted octanol–water partition coefficient (Wildman–Crippen LogP) is 6.38. The molecule has 15 heteroatoms. The molecule has 0 aliphatic carbocycles. The zero-order valence-corrected chi connectivity index (χ0v) is 32.4. The number of benzene rings is 2. The van der Waals surface area contributed by atoms with E-state index >= 15 is 0 Å². The second-order valence-electron chi connectivity index (χ2n) is 13.3. The highest BCUT2D eigenvalue weighted by molar-refractivity contribution is 5.93. The Balaban J connectivity index is 1.71. The summed E-state index contributed by atoms with van der Waals surface area (Å²) in [6, 6.07) is 12.4. The topological polar surface area (TPSA) is 189 Å². The van der Waals surface area contributed by atoms with Crippen molar-refractivity contribution in [1.29, 1.82) is 0 Å². The second-order valence-corrected chi connectivity index (χ2v) is 13.3. The second kappa shape index (κ2) is 21.6. The summed E-state index contributed by atoms with van der Waals surface area (Å²) in [4.78, 5) is 75.7. The Labute approximate surface area is 324 Å². The standard InChI is InChI=1S/C41H50O15/c1-6-7-8-9-10-11-12-13-17-22-48-30-20-21-31-32(23-30)53-40(47)37(55-39(46)29-18-15-14-16-19-29)34(31)56-41-38(52-28(5)45)36(51-27(4)44)35(50-26(3)43)33(54-41)24-49-25(2)42/h14-16,18-21,23,33,35-36,38,41H,6-13,17,22,24H2,1-5H3/t33-,35-,36+,38+,41-/m1/s1. The summed E-state index contributed by atoms with van der Waals surface area (Å²) in [7, 11) is 0. The third-order valence-electron chi connectivity index (χ3n) is 8.70. The monoisotopic (exact) mass is 782 g/mol. The highest BCUT2D eigenvalue weighted by Gasteiger charge is 2.53. The minimum Gasteiger partial charge on any atom is -0.493 e. The lowest BCUT2D eigenvalue weighted by Crippen LogP contribution is -2.63. The number of esters is 5. The van der Waals surface area contributed by atoms with Crippen molar-refractivity contribution in [3.05, 3.63) is 64.5 Å². The third kappa shape index (κ3) is 12.8. The van der Waals surface area contributed by atoms with E-state index in [1.165, 1.54) is 62.8 Å². The number of carbonyl (C=O) groups excluding carboxylic acids is 5. The number of fused-ring (bicyclic) bond motifs is 1. The van der Waals surface area contributed by atoms with E-state index in [0.29, 0.717) is 12.4 Å². The van der Waals surface area contributed by atoms with Crippen LogP contribution < -0.4 is 19.8 Å². The van der Waals surface area contributed by atoms with Gasteiger partial charge in [-0.15, -0.1) is 0 Å². The first-order valence-corrected chi connectivity index (χ1v) is 18.9. The predicted molar refractivity (Wildman–Crippen MR) is 199 cm³/mol. The van der Waals surface area contributed by atoms with Gasteiger partial charge < -0.3 is 42.3 Å². The van der Waals surface area contributed by atoms with Gasteiger partial charge in [-0.2, -0.15) is 0 Å². The van der Waals surface area contributed by atoms with Gasteiger partial charge in [-0.3, -0.25) is 19.2 Å². The molecule has 0 radical (unpaired) electrons. The van der Waals surface area contributed by atoms with Crippen LogP contribution in [-0.4, -0.2) is 73.8 Å². The maximum Gasteiger partial charge on any atom is 0.383 e. The van der Waals surface area contributed by atoms with Crippen molar-refractivity contribution in [2.45, 2.75) is 123 Å². The lowest BCUT2D eigenvalue weighted by molar-refractivity contribution is -0.288. The van der Waals surface area contributed by atoms with Gasteiger partial charge in [0, 0.05) is 33.8 Å². The molecule has 1 aliphatic heterocycles. The first kappa shape index (κ1) is 43.3. The van der Waals surface area contributed by atoms with Crippen LogP contribution in [0.15, 0.2) is 57.7 Å². The van der Waals surface area contributed by atoms with Gasteiger partial charge in [-0.05, 0) is 30.7 Å². The Bertz CT molecular complexity index is 1850. The average Bonchev–Trinajstić information content (AvgIpc) is 3.14. The lowest BCUT2D eigenvalue weighted by Gasteiger charge is -2.44. The molecule has 1 aromatic heterocycles. The molecule has 1 aliphatic rings. The van der Waals surface area contributed by atoms with E-state index in [2.05, 4.69) is 6.92 Å². The molecule has 304 valence electrons. The highest BCUT2D eigenvalue weighted by Crippen LogP contribution is 2.39. The highest BCUT2D eigenvalue weighted by atomic mass is 16.7. The Morgan fingerprint density at radius 1 is 0.679 bits per heavy atom. The zero-order chi connectivity index (χ0) is 40.6.